The van der Waals surface area contributed by atoms with Crippen LogP contribution in [0.25, 0.3) is 0 Å². The van der Waals surface area contributed by atoms with Gasteiger partial charge in [-0.3, -0.25) is 0 Å². The molecule has 90 valence electrons. The van der Waals surface area contributed by atoms with Crippen molar-refractivity contribution < 1.29 is 0 Å². The van der Waals surface area contributed by atoms with E-state index in [4.69, 9.17) is 5.73 Å². The van der Waals surface area contributed by atoms with E-state index in [1.807, 2.05) is 0 Å². The summed E-state index contributed by atoms with van der Waals surface area (Å²) < 4.78 is 0. The van der Waals surface area contributed by atoms with E-state index in [2.05, 4.69) is 6.92 Å². The standard InChI is InChI=1S/C14H29N/c1-2-3-4-5-6-7-12-14(15)13-10-8-9-11-13/h13-14H,2-12,15H2,1H3. The molecule has 1 nitrogen and oxygen atoms in total. The lowest BCUT2D eigenvalue weighted by Gasteiger charge is -2.18. The highest BCUT2D eigenvalue weighted by atomic mass is 14.6. The first-order valence-electron chi connectivity index (χ1n) is 7.10. The van der Waals surface area contributed by atoms with Crippen LogP contribution in [0.2, 0.25) is 0 Å². The van der Waals surface area contributed by atoms with Crippen LogP contribution in [0.15, 0.2) is 0 Å². The molecule has 2 N–H and O–H groups in total. The van der Waals surface area contributed by atoms with E-state index >= 15 is 0 Å². The topological polar surface area (TPSA) is 26.0 Å². The summed E-state index contributed by atoms with van der Waals surface area (Å²) in [6.45, 7) is 2.27. The summed E-state index contributed by atoms with van der Waals surface area (Å²) in [5, 5.41) is 0. The molecule has 1 unspecified atom stereocenters. The Labute approximate surface area is 95.8 Å². The lowest BCUT2D eigenvalue weighted by Crippen LogP contribution is -2.28. The minimum atomic E-state index is 0.513. The number of nitrogens with two attached hydrogens (primary N) is 1. The fourth-order valence-electron chi connectivity index (χ4n) is 2.78. The van der Waals surface area contributed by atoms with Crippen LogP contribution in [0.1, 0.15) is 77.6 Å². The van der Waals surface area contributed by atoms with Gasteiger partial charge in [0, 0.05) is 6.04 Å². The molecule has 0 saturated heterocycles. The number of rotatable bonds is 8. The smallest absolute Gasteiger partial charge is 0.00671 e. The van der Waals surface area contributed by atoms with Gasteiger partial charge >= 0.3 is 0 Å². The molecule has 0 bridgehead atoms. The average molecular weight is 211 g/mol. The minimum absolute atomic E-state index is 0.513. The van der Waals surface area contributed by atoms with Gasteiger partial charge in [0.2, 0.25) is 0 Å². The summed E-state index contributed by atoms with van der Waals surface area (Å²) in [7, 11) is 0. The lowest BCUT2D eigenvalue weighted by molar-refractivity contribution is 0.394. The van der Waals surface area contributed by atoms with Crippen molar-refractivity contribution in [2.75, 3.05) is 0 Å². The van der Waals surface area contributed by atoms with Gasteiger partial charge in [-0.25, -0.2) is 0 Å². The maximum atomic E-state index is 6.22. The molecule has 0 spiro atoms. The Balaban J connectivity index is 1.90. The SMILES string of the molecule is CCCCCCCCC(N)C1CCCC1. The molecular formula is C14H29N. The van der Waals surface area contributed by atoms with E-state index in [1.165, 1.54) is 70.6 Å². The fraction of sp³-hybridized carbons (Fsp3) is 1.00. The molecule has 1 heteroatoms. The zero-order valence-electron chi connectivity index (χ0n) is 10.5. The maximum absolute atomic E-state index is 6.22. The molecule has 0 aromatic heterocycles. The predicted octanol–water partition coefficient (Wildman–Crippen LogP) is 4.25. The van der Waals surface area contributed by atoms with E-state index in [-0.39, 0.29) is 0 Å². The van der Waals surface area contributed by atoms with Crippen molar-refractivity contribution in [3.05, 3.63) is 0 Å². The normalized spacial score (nSPS) is 19.6. The van der Waals surface area contributed by atoms with Crippen molar-refractivity contribution in [3.8, 4) is 0 Å². The van der Waals surface area contributed by atoms with E-state index in [1.54, 1.807) is 0 Å². The van der Waals surface area contributed by atoms with E-state index in [0.717, 1.165) is 5.92 Å². The quantitative estimate of drug-likeness (QED) is 0.597. The monoisotopic (exact) mass is 211 g/mol. The first kappa shape index (κ1) is 13.0. The molecule has 1 saturated carbocycles. The van der Waals surface area contributed by atoms with Crippen molar-refractivity contribution in [2.45, 2.75) is 83.6 Å². The predicted molar refractivity (Wildman–Crippen MR) is 67.9 cm³/mol. The second kappa shape index (κ2) is 8.15. The molecule has 0 radical (unpaired) electrons. The van der Waals surface area contributed by atoms with Gasteiger partial charge in [0.25, 0.3) is 0 Å². The molecule has 0 amide bonds. The van der Waals surface area contributed by atoms with Crippen LogP contribution in [0.5, 0.6) is 0 Å². The third-order valence-corrected chi connectivity index (χ3v) is 3.90. The third-order valence-electron chi connectivity index (χ3n) is 3.90. The summed E-state index contributed by atoms with van der Waals surface area (Å²) in [6, 6.07) is 0.513. The summed E-state index contributed by atoms with van der Waals surface area (Å²) in [5.41, 5.74) is 6.22. The van der Waals surface area contributed by atoms with Gasteiger partial charge in [-0.15, -0.1) is 0 Å². The Morgan fingerprint density at radius 1 is 1.00 bits per heavy atom. The van der Waals surface area contributed by atoms with Gasteiger partial charge in [-0.1, -0.05) is 58.3 Å². The Morgan fingerprint density at radius 3 is 2.27 bits per heavy atom. The largest absolute Gasteiger partial charge is 0.327 e. The van der Waals surface area contributed by atoms with Crippen LogP contribution in [-0.4, -0.2) is 6.04 Å². The van der Waals surface area contributed by atoms with E-state index < -0.39 is 0 Å². The average Bonchev–Trinajstić information content (AvgIpc) is 2.76. The Bertz CT molecular complexity index is 138. The molecule has 1 atom stereocenters. The molecule has 1 aliphatic carbocycles. The second-order valence-electron chi connectivity index (χ2n) is 5.26. The van der Waals surface area contributed by atoms with Gasteiger partial charge in [-0.05, 0) is 25.2 Å². The van der Waals surface area contributed by atoms with Gasteiger partial charge in [0.15, 0.2) is 0 Å². The van der Waals surface area contributed by atoms with Crippen LogP contribution in [0, 0.1) is 5.92 Å². The molecule has 15 heavy (non-hydrogen) atoms. The van der Waals surface area contributed by atoms with Gasteiger partial charge in [-0.2, -0.15) is 0 Å². The molecule has 1 rings (SSSR count). The summed E-state index contributed by atoms with van der Waals surface area (Å²) in [4.78, 5) is 0. The van der Waals surface area contributed by atoms with Crippen LogP contribution >= 0.6 is 0 Å². The number of hydrogen-bond donors (Lipinski definition) is 1. The minimum Gasteiger partial charge on any atom is -0.327 e. The maximum Gasteiger partial charge on any atom is 0.00671 e. The Kier molecular flexibility index (Phi) is 7.08. The summed E-state index contributed by atoms with van der Waals surface area (Å²) >= 11 is 0. The Morgan fingerprint density at radius 2 is 1.60 bits per heavy atom. The zero-order valence-corrected chi connectivity index (χ0v) is 10.5. The Hall–Kier alpha value is -0.0400. The first-order chi connectivity index (χ1) is 7.34. The second-order valence-corrected chi connectivity index (χ2v) is 5.26. The molecular weight excluding hydrogens is 182 g/mol. The third kappa shape index (κ3) is 5.55. The van der Waals surface area contributed by atoms with Gasteiger partial charge < -0.3 is 5.73 Å². The van der Waals surface area contributed by atoms with E-state index in [0.29, 0.717) is 6.04 Å². The zero-order chi connectivity index (χ0) is 10.9. The van der Waals surface area contributed by atoms with Crippen LogP contribution in [0.4, 0.5) is 0 Å². The molecule has 0 aromatic rings. The van der Waals surface area contributed by atoms with Crippen LogP contribution in [-0.2, 0) is 0 Å². The summed E-state index contributed by atoms with van der Waals surface area (Å²) in [6.07, 6.45) is 15.3. The first-order valence-corrected chi connectivity index (χ1v) is 7.10. The molecule has 1 fully saturated rings. The molecule has 0 aliphatic heterocycles. The highest BCUT2D eigenvalue weighted by Crippen LogP contribution is 2.28. The van der Waals surface area contributed by atoms with E-state index in [9.17, 15) is 0 Å². The van der Waals surface area contributed by atoms with Crippen molar-refractivity contribution in [2.24, 2.45) is 11.7 Å². The summed E-state index contributed by atoms with van der Waals surface area (Å²) in [5.74, 6) is 0.862. The molecule has 1 aliphatic rings. The van der Waals surface area contributed by atoms with Gasteiger partial charge in [0.05, 0.1) is 0 Å². The molecule has 0 heterocycles. The van der Waals surface area contributed by atoms with Crippen molar-refractivity contribution in [1.82, 2.24) is 0 Å². The highest BCUT2D eigenvalue weighted by Gasteiger charge is 2.21. The van der Waals surface area contributed by atoms with Crippen LogP contribution in [0.3, 0.4) is 0 Å². The van der Waals surface area contributed by atoms with Crippen molar-refractivity contribution >= 4 is 0 Å². The van der Waals surface area contributed by atoms with Crippen molar-refractivity contribution in [3.63, 3.8) is 0 Å². The molecule has 0 aromatic carbocycles. The highest BCUT2D eigenvalue weighted by molar-refractivity contribution is 4.77. The number of hydrogen-bond acceptors (Lipinski definition) is 1. The van der Waals surface area contributed by atoms with Gasteiger partial charge in [0.1, 0.15) is 0 Å². The van der Waals surface area contributed by atoms with Crippen molar-refractivity contribution in [1.29, 1.82) is 0 Å². The number of unbranched alkanes of at least 4 members (excludes halogenated alkanes) is 5. The fourth-order valence-corrected chi connectivity index (χ4v) is 2.78. The van der Waals surface area contributed by atoms with Crippen LogP contribution < -0.4 is 5.73 Å². The lowest BCUT2D eigenvalue weighted by atomic mass is 9.94.